The number of fused-ring (bicyclic) bond motifs is 1. The van der Waals surface area contributed by atoms with Crippen LogP contribution < -0.4 is 0 Å². The van der Waals surface area contributed by atoms with E-state index in [1.807, 2.05) is 0 Å². The highest BCUT2D eigenvalue weighted by Crippen LogP contribution is 2.29. The van der Waals surface area contributed by atoms with Gasteiger partial charge in [-0.15, -0.1) is 0 Å². The van der Waals surface area contributed by atoms with Crippen LogP contribution in [-0.2, 0) is 6.18 Å². The van der Waals surface area contributed by atoms with Gasteiger partial charge in [-0.1, -0.05) is 0 Å². The van der Waals surface area contributed by atoms with E-state index in [0.717, 1.165) is 12.1 Å². The Morgan fingerprint density at radius 2 is 2.10 bits per heavy atom. The van der Waals surface area contributed by atoms with Gasteiger partial charge in [-0.05, 0) is 12.1 Å². The number of halogens is 3. The third-order valence-electron chi connectivity index (χ3n) is 2.62. The Labute approximate surface area is 113 Å². The number of rotatable bonds is 3. The van der Waals surface area contributed by atoms with Crippen LogP contribution in [0.3, 0.4) is 0 Å². The molecule has 2 aromatic heterocycles. The highest BCUT2D eigenvalue weighted by atomic mass is 19.4. The lowest BCUT2D eigenvalue weighted by atomic mass is 10.2. The zero-order chi connectivity index (χ0) is 14.9. The molecule has 0 unspecified atom stereocenters. The van der Waals surface area contributed by atoms with Gasteiger partial charge in [0.15, 0.2) is 0 Å². The van der Waals surface area contributed by atoms with Gasteiger partial charge < -0.3 is 4.90 Å². The van der Waals surface area contributed by atoms with Gasteiger partial charge in [0.1, 0.15) is 11.3 Å². The van der Waals surface area contributed by atoms with E-state index < -0.39 is 11.7 Å². The molecule has 0 atom stereocenters. The van der Waals surface area contributed by atoms with Crippen molar-refractivity contribution in [3.05, 3.63) is 48.1 Å². The minimum atomic E-state index is -4.43. The second kappa shape index (κ2) is 4.99. The fraction of sp³-hybridized carbons (Fsp3) is 0.231. The number of carbonyl (C=O) groups is 1. The molecule has 0 amide bonds. The molecule has 2 heterocycles. The number of hydrogen-bond acceptors (Lipinski definition) is 3. The Hall–Kier alpha value is -2.31. The van der Waals surface area contributed by atoms with Crippen molar-refractivity contribution < 1.29 is 18.0 Å². The minimum Gasteiger partial charge on any atom is -0.383 e. The number of aromatic nitrogens is 2. The number of hydrogen-bond donors (Lipinski definition) is 0. The second-order valence-electron chi connectivity index (χ2n) is 4.43. The molecule has 0 radical (unpaired) electrons. The number of ketones is 1. The molecular formula is C13H12F3N3O. The van der Waals surface area contributed by atoms with Gasteiger partial charge in [-0.3, -0.25) is 9.20 Å². The third kappa shape index (κ3) is 2.81. The fourth-order valence-corrected chi connectivity index (χ4v) is 1.64. The van der Waals surface area contributed by atoms with Crippen molar-refractivity contribution in [2.45, 2.75) is 6.18 Å². The predicted octanol–water partition coefficient (Wildman–Crippen LogP) is 2.61. The van der Waals surface area contributed by atoms with Gasteiger partial charge in [0.2, 0.25) is 5.78 Å². The predicted molar refractivity (Wildman–Crippen MR) is 67.4 cm³/mol. The van der Waals surface area contributed by atoms with Crippen LogP contribution in [0.4, 0.5) is 13.2 Å². The number of carbonyl (C=O) groups excluding carboxylic acids is 1. The van der Waals surface area contributed by atoms with E-state index in [1.54, 1.807) is 25.2 Å². The van der Waals surface area contributed by atoms with Crippen LogP contribution in [0.1, 0.15) is 16.1 Å². The molecule has 4 nitrogen and oxygen atoms in total. The molecule has 0 spiro atoms. The Bertz CT molecular complexity index is 671. The summed E-state index contributed by atoms with van der Waals surface area (Å²) in [6, 6.07) is 1.83. The van der Waals surface area contributed by atoms with Crippen molar-refractivity contribution in [1.82, 2.24) is 14.3 Å². The van der Waals surface area contributed by atoms with E-state index in [2.05, 4.69) is 4.98 Å². The number of alkyl halides is 3. The SMILES string of the molecule is CN(C)/C=C/C(=O)c1cnc2cc(C(F)(F)F)ccn12. The average molecular weight is 283 g/mol. The first-order chi connectivity index (χ1) is 9.29. The van der Waals surface area contributed by atoms with Crippen molar-refractivity contribution in [1.29, 1.82) is 0 Å². The number of pyridine rings is 1. The number of allylic oxidation sites excluding steroid dienone is 1. The Kier molecular flexibility index (Phi) is 3.52. The second-order valence-corrected chi connectivity index (χ2v) is 4.43. The lowest BCUT2D eigenvalue weighted by molar-refractivity contribution is -0.137. The van der Waals surface area contributed by atoms with E-state index in [-0.39, 0.29) is 17.1 Å². The summed E-state index contributed by atoms with van der Waals surface area (Å²) in [5, 5.41) is 0. The fourth-order valence-electron chi connectivity index (χ4n) is 1.64. The summed E-state index contributed by atoms with van der Waals surface area (Å²) in [6.07, 6.45) is 0.926. The van der Waals surface area contributed by atoms with E-state index in [4.69, 9.17) is 0 Å². The van der Waals surface area contributed by atoms with Crippen LogP contribution in [0.15, 0.2) is 36.8 Å². The molecule has 7 heteroatoms. The molecule has 0 aliphatic carbocycles. The summed E-state index contributed by atoms with van der Waals surface area (Å²) in [5.74, 6) is -0.328. The maximum Gasteiger partial charge on any atom is 0.416 e. The molecule has 0 saturated heterocycles. The van der Waals surface area contributed by atoms with E-state index >= 15 is 0 Å². The van der Waals surface area contributed by atoms with Crippen molar-refractivity contribution in [3.8, 4) is 0 Å². The molecule has 20 heavy (non-hydrogen) atoms. The van der Waals surface area contributed by atoms with Crippen molar-refractivity contribution in [2.24, 2.45) is 0 Å². The summed E-state index contributed by atoms with van der Waals surface area (Å²) in [5.41, 5.74) is -0.494. The molecule has 0 fully saturated rings. The summed E-state index contributed by atoms with van der Waals surface area (Å²) in [6.45, 7) is 0. The van der Waals surface area contributed by atoms with Crippen LogP contribution in [0.5, 0.6) is 0 Å². The van der Waals surface area contributed by atoms with Crippen molar-refractivity contribution in [2.75, 3.05) is 14.1 Å². The van der Waals surface area contributed by atoms with Crippen LogP contribution in [-0.4, -0.2) is 34.2 Å². The highest BCUT2D eigenvalue weighted by molar-refractivity contribution is 6.03. The maximum absolute atomic E-state index is 12.6. The van der Waals surface area contributed by atoms with Gasteiger partial charge in [0.25, 0.3) is 0 Å². The first-order valence-electron chi connectivity index (χ1n) is 5.72. The molecule has 0 aliphatic rings. The zero-order valence-corrected chi connectivity index (χ0v) is 10.8. The Morgan fingerprint density at radius 1 is 1.40 bits per heavy atom. The first-order valence-corrected chi connectivity index (χ1v) is 5.72. The first kappa shape index (κ1) is 14.1. The van der Waals surface area contributed by atoms with E-state index in [0.29, 0.717) is 0 Å². The highest BCUT2D eigenvalue weighted by Gasteiger charge is 2.31. The van der Waals surface area contributed by atoms with Gasteiger partial charge in [0.05, 0.1) is 11.8 Å². The van der Waals surface area contributed by atoms with Crippen LogP contribution in [0.25, 0.3) is 5.65 Å². The quantitative estimate of drug-likeness (QED) is 0.642. The van der Waals surface area contributed by atoms with Gasteiger partial charge >= 0.3 is 6.18 Å². The molecule has 2 rings (SSSR count). The number of nitrogens with zero attached hydrogens (tertiary/aromatic N) is 3. The van der Waals surface area contributed by atoms with Gasteiger partial charge in [0, 0.05) is 32.6 Å². The Morgan fingerprint density at radius 3 is 2.70 bits per heavy atom. The Balaban J connectivity index is 2.41. The van der Waals surface area contributed by atoms with Gasteiger partial charge in [-0.25, -0.2) is 4.98 Å². The molecule has 0 aromatic carbocycles. The summed E-state index contributed by atoms with van der Waals surface area (Å²) in [7, 11) is 3.52. The molecule has 0 bridgehead atoms. The van der Waals surface area contributed by atoms with Crippen LogP contribution in [0, 0.1) is 0 Å². The normalized spacial score (nSPS) is 12.2. The van der Waals surface area contributed by atoms with Crippen molar-refractivity contribution >= 4 is 11.4 Å². The van der Waals surface area contributed by atoms with Crippen LogP contribution >= 0.6 is 0 Å². The van der Waals surface area contributed by atoms with Crippen molar-refractivity contribution in [3.63, 3.8) is 0 Å². The third-order valence-corrected chi connectivity index (χ3v) is 2.62. The standard InChI is InChI=1S/C13H12F3N3O/c1-18(2)5-4-11(20)10-8-17-12-7-9(13(14,15)16)3-6-19(10)12/h3-8H,1-2H3/b5-4+. The minimum absolute atomic E-state index is 0.0847. The number of imidazole rings is 1. The molecule has 0 N–H and O–H groups in total. The summed E-state index contributed by atoms with van der Waals surface area (Å²) >= 11 is 0. The largest absolute Gasteiger partial charge is 0.416 e. The summed E-state index contributed by atoms with van der Waals surface area (Å²) in [4.78, 5) is 17.4. The molecule has 0 aliphatic heterocycles. The topological polar surface area (TPSA) is 37.6 Å². The monoisotopic (exact) mass is 283 g/mol. The lowest BCUT2D eigenvalue weighted by Gasteiger charge is -2.07. The molecular weight excluding hydrogens is 271 g/mol. The van der Waals surface area contributed by atoms with Gasteiger partial charge in [-0.2, -0.15) is 13.2 Å². The smallest absolute Gasteiger partial charge is 0.383 e. The molecule has 106 valence electrons. The summed E-state index contributed by atoms with van der Waals surface area (Å²) < 4.78 is 39.0. The zero-order valence-electron chi connectivity index (χ0n) is 10.8. The maximum atomic E-state index is 12.6. The molecule has 0 saturated carbocycles. The van der Waals surface area contributed by atoms with E-state index in [1.165, 1.54) is 22.9 Å². The molecule has 2 aromatic rings. The van der Waals surface area contributed by atoms with E-state index in [9.17, 15) is 18.0 Å². The lowest BCUT2D eigenvalue weighted by Crippen LogP contribution is -2.07. The van der Waals surface area contributed by atoms with Crippen LogP contribution in [0.2, 0.25) is 0 Å². The average Bonchev–Trinajstić information content (AvgIpc) is 2.77.